The zero-order valence-electron chi connectivity index (χ0n) is 8.31. The predicted molar refractivity (Wildman–Crippen MR) is 53.2 cm³/mol. The highest BCUT2D eigenvalue weighted by molar-refractivity contribution is 7.92. The van der Waals surface area contributed by atoms with E-state index < -0.39 is 21.2 Å². The second-order valence-electron chi connectivity index (χ2n) is 3.37. The second-order valence-corrected chi connectivity index (χ2v) is 5.77. The van der Waals surface area contributed by atoms with Crippen LogP contribution in [0.1, 0.15) is 12.8 Å². The second kappa shape index (κ2) is 5.32. The maximum absolute atomic E-state index is 11.4. The van der Waals surface area contributed by atoms with Crippen molar-refractivity contribution in [2.24, 2.45) is 0 Å². The van der Waals surface area contributed by atoms with Gasteiger partial charge in [0.15, 0.2) is 9.84 Å². The fourth-order valence-electron chi connectivity index (χ4n) is 1.47. The maximum Gasteiger partial charge on any atom is 0.407 e. The van der Waals surface area contributed by atoms with Crippen molar-refractivity contribution < 1.29 is 23.1 Å². The lowest BCUT2D eigenvalue weighted by atomic mass is 10.2. The van der Waals surface area contributed by atoms with Crippen LogP contribution in [0.5, 0.6) is 0 Å². The molecule has 0 aromatic rings. The molecule has 0 aromatic heterocycles. The molecular weight excluding hydrogens is 222 g/mol. The van der Waals surface area contributed by atoms with E-state index >= 15 is 0 Å². The van der Waals surface area contributed by atoms with Gasteiger partial charge in [0.1, 0.15) is 6.61 Å². The van der Waals surface area contributed by atoms with Crippen LogP contribution in [0.3, 0.4) is 0 Å². The Morgan fingerprint density at radius 2 is 2.27 bits per heavy atom. The van der Waals surface area contributed by atoms with E-state index in [0.717, 1.165) is 0 Å². The average Bonchev–Trinajstić information content (AvgIpc) is 2.51. The van der Waals surface area contributed by atoms with Crippen molar-refractivity contribution in [3.8, 4) is 0 Å². The fraction of sp³-hybridized carbons (Fsp3) is 0.875. The van der Waals surface area contributed by atoms with Crippen LogP contribution in [0.4, 0.5) is 4.79 Å². The SMILES string of the molecule is O=C(NCC1CCCS1(=O)=O)OCCO. The van der Waals surface area contributed by atoms with Gasteiger partial charge in [0.2, 0.25) is 0 Å². The van der Waals surface area contributed by atoms with Gasteiger partial charge in [-0.25, -0.2) is 13.2 Å². The first-order valence-corrected chi connectivity index (χ1v) is 6.51. The molecule has 0 saturated carbocycles. The molecule has 2 N–H and O–H groups in total. The van der Waals surface area contributed by atoms with Crippen molar-refractivity contribution in [2.45, 2.75) is 18.1 Å². The summed E-state index contributed by atoms with van der Waals surface area (Å²) in [5.41, 5.74) is 0. The molecule has 1 saturated heterocycles. The summed E-state index contributed by atoms with van der Waals surface area (Å²) in [6.45, 7) is -0.231. The number of amides is 1. The zero-order chi connectivity index (χ0) is 11.3. The first-order valence-electron chi connectivity index (χ1n) is 4.79. The molecule has 1 rings (SSSR count). The van der Waals surface area contributed by atoms with Crippen LogP contribution in [0.25, 0.3) is 0 Å². The summed E-state index contributed by atoms with van der Waals surface area (Å²) in [6, 6.07) is 0. The van der Waals surface area contributed by atoms with Crippen LogP contribution in [-0.2, 0) is 14.6 Å². The number of hydrogen-bond acceptors (Lipinski definition) is 5. The van der Waals surface area contributed by atoms with Gasteiger partial charge < -0.3 is 15.2 Å². The van der Waals surface area contributed by atoms with Gasteiger partial charge in [-0.2, -0.15) is 0 Å². The standard InChI is InChI=1S/C8H15NO5S/c10-3-4-14-8(11)9-6-7-2-1-5-15(7,12)13/h7,10H,1-6H2,(H,9,11). The van der Waals surface area contributed by atoms with Gasteiger partial charge in [-0.05, 0) is 12.8 Å². The number of hydrogen-bond donors (Lipinski definition) is 2. The molecule has 0 aliphatic carbocycles. The molecule has 1 fully saturated rings. The van der Waals surface area contributed by atoms with Gasteiger partial charge in [0.05, 0.1) is 17.6 Å². The first kappa shape index (κ1) is 12.3. The highest BCUT2D eigenvalue weighted by Crippen LogP contribution is 2.18. The Labute approximate surface area is 88.5 Å². The van der Waals surface area contributed by atoms with Gasteiger partial charge in [-0.15, -0.1) is 0 Å². The summed E-state index contributed by atoms with van der Waals surface area (Å²) in [7, 11) is -3.02. The molecule has 1 aliphatic rings. The largest absolute Gasteiger partial charge is 0.447 e. The zero-order valence-corrected chi connectivity index (χ0v) is 9.12. The Hall–Kier alpha value is -0.820. The van der Waals surface area contributed by atoms with Crippen LogP contribution < -0.4 is 5.32 Å². The predicted octanol–water partition coefficient (Wildman–Crippen LogP) is -0.718. The highest BCUT2D eigenvalue weighted by atomic mass is 32.2. The topological polar surface area (TPSA) is 92.7 Å². The number of nitrogens with one attached hydrogen (secondary N) is 1. The molecule has 1 atom stereocenters. The van der Waals surface area contributed by atoms with E-state index in [0.29, 0.717) is 12.8 Å². The molecule has 0 radical (unpaired) electrons. The summed E-state index contributed by atoms with van der Waals surface area (Å²) >= 11 is 0. The van der Waals surface area contributed by atoms with E-state index in [1.807, 2.05) is 0 Å². The minimum atomic E-state index is -3.02. The van der Waals surface area contributed by atoms with Gasteiger partial charge >= 0.3 is 6.09 Å². The van der Waals surface area contributed by atoms with Crippen LogP contribution in [0, 0.1) is 0 Å². The van der Waals surface area contributed by atoms with Crippen molar-refractivity contribution in [3.63, 3.8) is 0 Å². The van der Waals surface area contributed by atoms with Crippen LogP contribution in [0.15, 0.2) is 0 Å². The summed E-state index contributed by atoms with van der Waals surface area (Å²) in [5.74, 6) is 0.199. The van der Waals surface area contributed by atoms with Crippen molar-refractivity contribution in [2.75, 3.05) is 25.5 Å². The number of aliphatic hydroxyl groups excluding tert-OH is 1. The van der Waals surface area contributed by atoms with Crippen LogP contribution in [0.2, 0.25) is 0 Å². The first-order chi connectivity index (χ1) is 7.06. The third-order valence-corrected chi connectivity index (χ3v) is 4.54. The lowest BCUT2D eigenvalue weighted by molar-refractivity contribution is 0.119. The van der Waals surface area contributed by atoms with E-state index in [1.54, 1.807) is 0 Å². The third-order valence-electron chi connectivity index (χ3n) is 2.26. The molecular formula is C8H15NO5S. The van der Waals surface area contributed by atoms with Gasteiger partial charge in [0.25, 0.3) is 0 Å². The van der Waals surface area contributed by atoms with E-state index in [9.17, 15) is 13.2 Å². The minimum Gasteiger partial charge on any atom is -0.447 e. The summed E-state index contributed by atoms with van der Waals surface area (Å²) in [4.78, 5) is 10.9. The average molecular weight is 237 g/mol. The molecule has 15 heavy (non-hydrogen) atoms. The number of alkyl carbamates (subject to hydrolysis) is 1. The smallest absolute Gasteiger partial charge is 0.407 e. The fourth-order valence-corrected chi connectivity index (χ4v) is 3.24. The van der Waals surface area contributed by atoms with Gasteiger partial charge in [-0.3, -0.25) is 0 Å². The molecule has 1 unspecified atom stereocenters. The van der Waals surface area contributed by atoms with Crippen molar-refractivity contribution >= 4 is 15.9 Å². The molecule has 0 spiro atoms. The number of ether oxygens (including phenoxy) is 1. The Kier molecular flexibility index (Phi) is 4.34. The molecule has 0 bridgehead atoms. The Morgan fingerprint density at radius 3 is 2.80 bits per heavy atom. The van der Waals surface area contributed by atoms with Crippen LogP contribution >= 0.6 is 0 Å². The molecule has 7 heteroatoms. The Bertz CT molecular complexity index is 313. The number of carbonyl (C=O) groups is 1. The monoisotopic (exact) mass is 237 g/mol. The quantitative estimate of drug-likeness (QED) is 0.673. The van der Waals surface area contributed by atoms with Crippen LogP contribution in [-0.4, -0.2) is 50.4 Å². The van der Waals surface area contributed by atoms with Crippen molar-refractivity contribution in [1.29, 1.82) is 0 Å². The summed E-state index contributed by atoms with van der Waals surface area (Å²) in [6.07, 6.45) is 0.550. The van der Waals surface area contributed by atoms with Crippen molar-refractivity contribution in [3.05, 3.63) is 0 Å². The highest BCUT2D eigenvalue weighted by Gasteiger charge is 2.31. The molecule has 88 valence electrons. The lowest BCUT2D eigenvalue weighted by Gasteiger charge is -2.10. The molecule has 1 aliphatic heterocycles. The molecule has 0 aromatic carbocycles. The Balaban J connectivity index is 2.28. The summed E-state index contributed by atoms with van der Waals surface area (Å²) < 4.78 is 27.2. The number of carbonyl (C=O) groups excluding carboxylic acids is 1. The summed E-state index contributed by atoms with van der Waals surface area (Å²) in [5, 5.41) is 10.3. The number of sulfone groups is 1. The van der Waals surface area contributed by atoms with E-state index in [-0.39, 0.29) is 25.5 Å². The normalized spacial score (nSPS) is 23.7. The van der Waals surface area contributed by atoms with Crippen molar-refractivity contribution in [1.82, 2.24) is 5.32 Å². The van der Waals surface area contributed by atoms with Gasteiger partial charge in [-0.1, -0.05) is 0 Å². The van der Waals surface area contributed by atoms with E-state index in [2.05, 4.69) is 10.1 Å². The third kappa shape index (κ3) is 3.67. The maximum atomic E-state index is 11.4. The van der Waals surface area contributed by atoms with Gasteiger partial charge in [0, 0.05) is 6.54 Å². The minimum absolute atomic E-state index is 0.0801. The Morgan fingerprint density at radius 1 is 1.53 bits per heavy atom. The van der Waals surface area contributed by atoms with E-state index in [1.165, 1.54) is 0 Å². The lowest BCUT2D eigenvalue weighted by Crippen LogP contribution is -2.35. The molecule has 1 amide bonds. The van der Waals surface area contributed by atoms with E-state index in [4.69, 9.17) is 5.11 Å². The number of aliphatic hydroxyl groups is 1. The number of rotatable bonds is 4. The molecule has 1 heterocycles. The molecule has 6 nitrogen and oxygen atoms in total.